The highest BCUT2D eigenvalue weighted by Crippen LogP contribution is 2.42. The minimum absolute atomic E-state index is 0.161. The van der Waals surface area contributed by atoms with E-state index in [1.807, 2.05) is 35.2 Å². The maximum Gasteiger partial charge on any atom is 0.243 e. The Bertz CT molecular complexity index is 1150. The largest absolute Gasteiger partial charge is 0.369 e. The Morgan fingerprint density at radius 1 is 0.912 bits per heavy atom. The summed E-state index contributed by atoms with van der Waals surface area (Å²) in [6.45, 7) is 9.28. The molecular weight excluding hydrogens is 448 g/mol. The number of carbonyl (C=O) groups is 1. The van der Waals surface area contributed by atoms with E-state index < -0.39 is 10.0 Å². The van der Waals surface area contributed by atoms with Gasteiger partial charge >= 0.3 is 0 Å². The fourth-order valence-corrected chi connectivity index (χ4v) is 6.94. The van der Waals surface area contributed by atoms with Gasteiger partial charge in [0, 0.05) is 62.6 Å². The molecule has 0 spiro atoms. The molecule has 2 saturated heterocycles. The Balaban J connectivity index is 1.32. The van der Waals surface area contributed by atoms with Crippen molar-refractivity contribution in [3.63, 3.8) is 0 Å². The van der Waals surface area contributed by atoms with Crippen molar-refractivity contribution in [3.05, 3.63) is 54.1 Å². The molecule has 8 heteroatoms. The van der Waals surface area contributed by atoms with Gasteiger partial charge in [0.2, 0.25) is 15.9 Å². The fourth-order valence-electron chi connectivity index (χ4n) is 5.49. The summed E-state index contributed by atoms with van der Waals surface area (Å²) >= 11 is 0. The molecule has 0 radical (unpaired) electrons. The van der Waals surface area contributed by atoms with Gasteiger partial charge < -0.3 is 14.7 Å². The van der Waals surface area contributed by atoms with E-state index in [1.165, 1.54) is 0 Å². The molecule has 0 aromatic heterocycles. The van der Waals surface area contributed by atoms with Crippen molar-refractivity contribution in [3.8, 4) is 0 Å². The zero-order valence-corrected chi connectivity index (χ0v) is 20.9. The number of fused-ring (bicyclic) bond motifs is 1. The predicted octanol–water partition coefficient (Wildman–Crippen LogP) is 2.92. The molecule has 7 nitrogen and oxygen atoms in total. The molecule has 2 aromatic carbocycles. The monoisotopic (exact) mass is 482 g/mol. The maximum absolute atomic E-state index is 13.5. The van der Waals surface area contributed by atoms with Gasteiger partial charge in [-0.2, -0.15) is 4.31 Å². The summed E-state index contributed by atoms with van der Waals surface area (Å²) in [4.78, 5) is 19.4. The number of amides is 1. The number of hydrogen-bond acceptors (Lipinski definition) is 5. The third kappa shape index (κ3) is 4.29. The van der Waals surface area contributed by atoms with E-state index in [1.54, 1.807) is 10.4 Å². The van der Waals surface area contributed by atoms with Crippen LogP contribution in [0.2, 0.25) is 0 Å². The van der Waals surface area contributed by atoms with Gasteiger partial charge in [-0.25, -0.2) is 8.42 Å². The number of sulfonamides is 1. The fraction of sp³-hybridized carbons (Fsp3) is 0.500. The summed E-state index contributed by atoms with van der Waals surface area (Å²) in [5.74, 6) is 0.161. The molecule has 0 atom stereocenters. The van der Waals surface area contributed by atoms with Crippen LogP contribution < -0.4 is 9.80 Å². The van der Waals surface area contributed by atoms with Gasteiger partial charge in [-0.1, -0.05) is 32.0 Å². The molecule has 0 bridgehead atoms. The first-order valence-corrected chi connectivity index (χ1v) is 13.7. The molecule has 0 unspecified atom stereocenters. The lowest BCUT2D eigenvalue weighted by molar-refractivity contribution is -0.128. The molecule has 0 N–H and O–H groups in total. The Kier molecular flexibility index (Phi) is 6.06. The van der Waals surface area contributed by atoms with Gasteiger partial charge in [0.15, 0.2) is 0 Å². The second kappa shape index (κ2) is 8.89. The zero-order chi connectivity index (χ0) is 23.9. The summed E-state index contributed by atoms with van der Waals surface area (Å²) in [6.07, 6.45) is 2.16. The van der Waals surface area contributed by atoms with Crippen LogP contribution in [-0.2, 0) is 20.2 Å². The molecule has 34 heavy (non-hydrogen) atoms. The minimum Gasteiger partial charge on any atom is -0.369 e. The zero-order valence-electron chi connectivity index (χ0n) is 20.1. The first-order valence-electron chi connectivity index (χ1n) is 12.2. The number of carbonyl (C=O) groups excluding carboxylic acids is 1. The van der Waals surface area contributed by atoms with Crippen LogP contribution in [0.15, 0.2) is 53.4 Å². The van der Waals surface area contributed by atoms with Crippen molar-refractivity contribution < 1.29 is 13.2 Å². The molecule has 182 valence electrons. The van der Waals surface area contributed by atoms with Crippen molar-refractivity contribution in [1.82, 2.24) is 9.21 Å². The lowest BCUT2D eigenvalue weighted by Crippen LogP contribution is -2.48. The number of benzene rings is 2. The standard InChI is InChI=1S/C26H34N4O3S/c1-26(2)20-29(19-25(31)28-12-6-7-13-28)24-11-10-22(18-23(24)26)34(32,33)30-16-14-27(15-17-30)21-8-4-3-5-9-21/h3-5,8-11,18H,6-7,12-17,19-20H2,1-2H3. The Hall–Kier alpha value is -2.58. The molecule has 5 rings (SSSR count). The van der Waals surface area contributed by atoms with Crippen LogP contribution in [0, 0.1) is 0 Å². The molecule has 1 amide bonds. The van der Waals surface area contributed by atoms with Crippen LogP contribution in [0.25, 0.3) is 0 Å². The smallest absolute Gasteiger partial charge is 0.243 e. The molecular formula is C26H34N4O3S. The number of anilines is 2. The number of piperazine rings is 1. The highest BCUT2D eigenvalue weighted by Gasteiger charge is 2.38. The average molecular weight is 483 g/mol. The quantitative estimate of drug-likeness (QED) is 0.656. The average Bonchev–Trinajstić information content (AvgIpc) is 3.46. The van der Waals surface area contributed by atoms with Crippen LogP contribution in [0.1, 0.15) is 32.3 Å². The third-order valence-electron chi connectivity index (χ3n) is 7.41. The summed E-state index contributed by atoms with van der Waals surface area (Å²) in [6, 6.07) is 15.6. The van der Waals surface area contributed by atoms with E-state index in [0.29, 0.717) is 44.2 Å². The lowest BCUT2D eigenvalue weighted by atomic mass is 9.87. The highest BCUT2D eigenvalue weighted by molar-refractivity contribution is 7.89. The van der Waals surface area contributed by atoms with Crippen molar-refractivity contribution >= 4 is 27.3 Å². The summed E-state index contributed by atoms with van der Waals surface area (Å²) < 4.78 is 28.6. The molecule has 0 aliphatic carbocycles. The number of para-hydroxylation sites is 1. The van der Waals surface area contributed by atoms with Crippen LogP contribution in [0.5, 0.6) is 0 Å². The summed E-state index contributed by atoms with van der Waals surface area (Å²) in [5, 5.41) is 0. The van der Waals surface area contributed by atoms with E-state index in [9.17, 15) is 13.2 Å². The number of likely N-dealkylation sites (tertiary alicyclic amines) is 1. The normalized spacial score (nSPS) is 20.6. The predicted molar refractivity (Wildman–Crippen MR) is 135 cm³/mol. The first-order chi connectivity index (χ1) is 16.3. The number of nitrogens with zero attached hydrogens (tertiary/aromatic N) is 4. The van der Waals surface area contributed by atoms with Gasteiger partial charge in [-0.3, -0.25) is 4.79 Å². The van der Waals surface area contributed by atoms with E-state index in [2.05, 4.69) is 35.8 Å². The molecule has 3 aliphatic heterocycles. The molecule has 0 saturated carbocycles. The molecule has 3 aliphatic rings. The van der Waals surface area contributed by atoms with Crippen LogP contribution >= 0.6 is 0 Å². The molecule has 2 fully saturated rings. The van der Waals surface area contributed by atoms with Crippen molar-refractivity contribution in [2.75, 3.05) is 62.2 Å². The van der Waals surface area contributed by atoms with E-state index in [-0.39, 0.29) is 11.3 Å². The number of rotatable bonds is 5. The molecule has 2 aromatic rings. The highest BCUT2D eigenvalue weighted by atomic mass is 32.2. The summed E-state index contributed by atoms with van der Waals surface area (Å²) in [7, 11) is -3.58. The Labute approximate surface area is 203 Å². The lowest BCUT2D eigenvalue weighted by Gasteiger charge is -2.35. The Morgan fingerprint density at radius 3 is 2.26 bits per heavy atom. The first kappa shape index (κ1) is 23.2. The van der Waals surface area contributed by atoms with Gasteiger partial charge in [-0.05, 0) is 48.7 Å². The summed E-state index contributed by atoms with van der Waals surface area (Å²) in [5.41, 5.74) is 2.89. The number of hydrogen-bond donors (Lipinski definition) is 0. The van der Waals surface area contributed by atoms with Gasteiger partial charge in [0.1, 0.15) is 0 Å². The second-order valence-corrected chi connectivity index (χ2v) is 12.2. The second-order valence-electron chi connectivity index (χ2n) is 10.2. The van der Waals surface area contributed by atoms with Crippen LogP contribution in [-0.4, -0.2) is 75.9 Å². The van der Waals surface area contributed by atoms with Gasteiger partial charge in [0.05, 0.1) is 11.4 Å². The van der Waals surface area contributed by atoms with Crippen molar-refractivity contribution in [1.29, 1.82) is 0 Å². The molecule has 3 heterocycles. The van der Waals surface area contributed by atoms with Crippen molar-refractivity contribution in [2.24, 2.45) is 0 Å². The SMILES string of the molecule is CC1(C)CN(CC(=O)N2CCCC2)c2ccc(S(=O)(=O)N3CCN(c4ccccc4)CC3)cc21. The maximum atomic E-state index is 13.5. The minimum atomic E-state index is -3.58. The van der Waals surface area contributed by atoms with Crippen LogP contribution in [0.3, 0.4) is 0 Å². The third-order valence-corrected chi connectivity index (χ3v) is 9.30. The van der Waals surface area contributed by atoms with E-state index in [0.717, 1.165) is 42.9 Å². The van der Waals surface area contributed by atoms with E-state index >= 15 is 0 Å². The van der Waals surface area contributed by atoms with Gasteiger partial charge in [-0.15, -0.1) is 0 Å². The van der Waals surface area contributed by atoms with Gasteiger partial charge in [0.25, 0.3) is 0 Å². The Morgan fingerprint density at radius 2 is 1.59 bits per heavy atom. The topological polar surface area (TPSA) is 64.2 Å². The van der Waals surface area contributed by atoms with Crippen molar-refractivity contribution in [2.45, 2.75) is 37.0 Å². The van der Waals surface area contributed by atoms with Crippen LogP contribution in [0.4, 0.5) is 11.4 Å². The van der Waals surface area contributed by atoms with E-state index in [4.69, 9.17) is 0 Å².